The van der Waals surface area contributed by atoms with Gasteiger partial charge in [0.2, 0.25) is 0 Å². The summed E-state index contributed by atoms with van der Waals surface area (Å²) in [5, 5.41) is 5.08. The van der Waals surface area contributed by atoms with Crippen molar-refractivity contribution in [2.75, 3.05) is 4.72 Å². The molecular formula is C20H21Cl2N3O2S. The lowest BCUT2D eigenvalue weighted by Gasteiger charge is -2.07. The number of unbranched alkanes of at least 4 members (excludes halogenated alkanes) is 1. The highest BCUT2D eigenvalue weighted by atomic mass is 35.5. The molecule has 0 spiro atoms. The minimum Gasteiger partial charge on any atom is -0.265 e. The Morgan fingerprint density at radius 2 is 1.75 bits per heavy atom. The lowest BCUT2D eigenvalue weighted by Crippen LogP contribution is -2.14. The Morgan fingerprint density at radius 1 is 1.04 bits per heavy atom. The molecule has 0 radical (unpaired) electrons. The third kappa shape index (κ3) is 5.07. The Morgan fingerprint density at radius 3 is 2.43 bits per heavy atom. The minimum absolute atomic E-state index is 0.0868. The van der Waals surface area contributed by atoms with Gasteiger partial charge < -0.3 is 0 Å². The highest BCUT2D eigenvalue weighted by molar-refractivity contribution is 7.92. The summed E-state index contributed by atoms with van der Waals surface area (Å²) in [6, 6.07) is 14.3. The number of rotatable bonds is 8. The molecule has 1 heterocycles. The fraction of sp³-hybridized carbons (Fsp3) is 0.250. The van der Waals surface area contributed by atoms with E-state index in [9.17, 15) is 8.42 Å². The number of aromatic nitrogens is 2. The van der Waals surface area contributed by atoms with Gasteiger partial charge >= 0.3 is 0 Å². The van der Waals surface area contributed by atoms with Crippen LogP contribution in [0.2, 0.25) is 10.0 Å². The van der Waals surface area contributed by atoms with E-state index in [1.165, 1.54) is 0 Å². The lowest BCUT2D eigenvalue weighted by molar-refractivity contribution is 0.600. The second kappa shape index (κ2) is 8.99. The summed E-state index contributed by atoms with van der Waals surface area (Å²) in [5.74, 6) is 0.0868. The molecule has 148 valence electrons. The Labute approximate surface area is 175 Å². The molecular weight excluding hydrogens is 417 g/mol. The molecule has 8 heteroatoms. The van der Waals surface area contributed by atoms with Gasteiger partial charge in [0, 0.05) is 11.2 Å². The standard InChI is InChI=1S/C20H21Cl2N3O2S/c1-2-3-6-15-9-11-17(12-10-15)28(26,27)24-20-19(22)14-25(23-20)13-16-7-4-5-8-18(16)21/h4-5,7-12,14H,2-3,6,13H2,1H3,(H,23,24). The topological polar surface area (TPSA) is 64.0 Å². The summed E-state index contributed by atoms with van der Waals surface area (Å²) < 4.78 is 29.3. The highest BCUT2D eigenvalue weighted by Crippen LogP contribution is 2.24. The van der Waals surface area contributed by atoms with Gasteiger partial charge in [-0.2, -0.15) is 5.10 Å². The maximum absolute atomic E-state index is 12.7. The minimum atomic E-state index is -3.78. The molecule has 2 aromatic carbocycles. The first-order chi connectivity index (χ1) is 13.4. The molecule has 1 N–H and O–H groups in total. The molecule has 3 aromatic rings. The van der Waals surface area contributed by atoms with E-state index in [2.05, 4.69) is 16.7 Å². The van der Waals surface area contributed by atoms with Gasteiger partial charge in [0.05, 0.1) is 11.4 Å². The van der Waals surface area contributed by atoms with Crippen LogP contribution in [0.25, 0.3) is 0 Å². The van der Waals surface area contributed by atoms with Crippen LogP contribution in [0.1, 0.15) is 30.9 Å². The molecule has 0 saturated heterocycles. The Kier molecular flexibility index (Phi) is 6.65. The second-order valence-corrected chi connectivity index (χ2v) is 8.96. The summed E-state index contributed by atoms with van der Waals surface area (Å²) >= 11 is 12.3. The largest absolute Gasteiger partial charge is 0.265 e. The first kappa shape index (κ1) is 20.7. The fourth-order valence-electron chi connectivity index (χ4n) is 2.75. The van der Waals surface area contributed by atoms with Crippen LogP contribution in [0.5, 0.6) is 0 Å². The van der Waals surface area contributed by atoms with Crippen LogP contribution in [0.15, 0.2) is 59.6 Å². The SMILES string of the molecule is CCCCc1ccc(S(=O)(=O)Nc2nn(Cc3ccccc3Cl)cc2Cl)cc1. The maximum Gasteiger partial charge on any atom is 0.263 e. The predicted octanol–water partition coefficient (Wildman–Crippen LogP) is 5.38. The zero-order chi connectivity index (χ0) is 20.1. The van der Waals surface area contributed by atoms with Crippen molar-refractivity contribution >= 4 is 39.0 Å². The summed E-state index contributed by atoms with van der Waals surface area (Å²) in [7, 11) is -3.78. The van der Waals surface area contributed by atoms with Gasteiger partial charge in [-0.3, -0.25) is 9.40 Å². The molecule has 0 fully saturated rings. The van der Waals surface area contributed by atoms with Crippen LogP contribution < -0.4 is 4.72 Å². The number of anilines is 1. The molecule has 0 saturated carbocycles. The number of sulfonamides is 1. The normalized spacial score (nSPS) is 11.5. The van der Waals surface area contributed by atoms with E-state index < -0.39 is 10.0 Å². The number of benzene rings is 2. The van der Waals surface area contributed by atoms with E-state index >= 15 is 0 Å². The van der Waals surface area contributed by atoms with Gasteiger partial charge in [0.15, 0.2) is 5.82 Å². The molecule has 5 nitrogen and oxygen atoms in total. The van der Waals surface area contributed by atoms with E-state index in [1.54, 1.807) is 29.1 Å². The van der Waals surface area contributed by atoms with Gasteiger partial charge in [-0.25, -0.2) is 8.42 Å². The molecule has 0 amide bonds. The van der Waals surface area contributed by atoms with Crippen molar-refractivity contribution in [3.05, 3.63) is 75.9 Å². The van der Waals surface area contributed by atoms with Crippen LogP contribution in [0.4, 0.5) is 5.82 Å². The van der Waals surface area contributed by atoms with Crippen LogP contribution in [0, 0.1) is 0 Å². The van der Waals surface area contributed by atoms with Crippen LogP contribution in [-0.4, -0.2) is 18.2 Å². The van der Waals surface area contributed by atoms with Crippen LogP contribution >= 0.6 is 23.2 Å². The Balaban J connectivity index is 1.75. The average molecular weight is 438 g/mol. The zero-order valence-electron chi connectivity index (χ0n) is 15.4. The first-order valence-corrected chi connectivity index (χ1v) is 11.2. The van der Waals surface area contributed by atoms with Gasteiger partial charge in [-0.1, -0.05) is 66.9 Å². The summed E-state index contributed by atoms with van der Waals surface area (Å²) in [6.07, 6.45) is 4.67. The van der Waals surface area contributed by atoms with E-state index in [1.807, 2.05) is 30.3 Å². The second-order valence-electron chi connectivity index (χ2n) is 6.47. The number of hydrogen-bond donors (Lipinski definition) is 1. The van der Waals surface area contributed by atoms with Crippen molar-refractivity contribution in [2.24, 2.45) is 0 Å². The van der Waals surface area contributed by atoms with Crippen LogP contribution in [-0.2, 0) is 23.0 Å². The molecule has 0 bridgehead atoms. The Hall–Kier alpha value is -2.02. The van der Waals surface area contributed by atoms with Crippen molar-refractivity contribution < 1.29 is 8.42 Å². The lowest BCUT2D eigenvalue weighted by atomic mass is 10.1. The smallest absolute Gasteiger partial charge is 0.263 e. The predicted molar refractivity (Wildman–Crippen MR) is 114 cm³/mol. The molecule has 3 rings (SSSR count). The number of hydrogen-bond acceptors (Lipinski definition) is 3. The quantitative estimate of drug-likeness (QED) is 0.514. The van der Waals surface area contributed by atoms with Crippen molar-refractivity contribution in [3.63, 3.8) is 0 Å². The molecule has 0 aliphatic rings. The number of nitrogens with one attached hydrogen (secondary N) is 1. The monoisotopic (exact) mass is 437 g/mol. The third-order valence-electron chi connectivity index (χ3n) is 4.29. The number of nitrogens with zero attached hydrogens (tertiary/aromatic N) is 2. The third-order valence-corrected chi connectivity index (χ3v) is 6.29. The van der Waals surface area contributed by atoms with E-state index in [0.29, 0.717) is 11.6 Å². The molecule has 0 unspecified atom stereocenters. The molecule has 1 aromatic heterocycles. The van der Waals surface area contributed by atoms with Crippen molar-refractivity contribution in [3.8, 4) is 0 Å². The average Bonchev–Trinajstić information content (AvgIpc) is 3.00. The molecule has 0 aliphatic heterocycles. The fourth-order valence-corrected chi connectivity index (χ4v) is 4.22. The van der Waals surface area contributed by atoms with Crippen molar-refractivity contribution in [1.29, 1.82) is 0 Å². The molecule has 0 aliphatic carbocycles. The molecule has 0 atom stereocenters. The molecule has 28 heavy (non-hydrogen) atoms. The zero-order valence-corrected chi connectivity index (χ0v) is 17.7. The van der Waals surface area contributed by atoms with Gasteiger partial charge in [0.1, 0.15) is 5.02 Å². The number of aryl methyl sites for hydroxylation is 1. The first-order valence-electron chi connectivity index (χ1n) is 8.97. The van der Waals surface area contributed by atoms with Crippen molar-refractivity contribution in [2.45, 2.75) is 37.6 Å². The maximum atomic E-state index is 12.7. The van der Waals surface area contributed by atoms with Gasteiger partial charge in [0.25, 0.3) is 10.0 Å². The van der Waals surface area contributed by atoms with Gasteiger partial charge in [-0.15, -0.1) is 0 Å². The van der Waals surface area contributed by atoms with E-state index in [4.69, 9.17) is 23.2 Å². The Bertz CT molecular complexity index is 1050. The van der Waals surface area contributed by atoms with E-state index in [0.717, 1.165) is 30.4 Å². The van der Waals surface area contributed by atoms with Crippen LogP contribution in [0.3, 0.4) is 0 Å². The highest BCUT2D eigenvalue weighted by Gasteiger charge is 2.18. The summed E-state index contributed by atoms with van der Waals surface area (Å²) in [6.45, 7) is 2.50. The van der Waals surface area contributed by atoms with Crippen molar-refractivity contribution in [1.82, 2.24) is 9.78 Å². The summed E-state index contributed by atoms with van der Waals surface area (Å²) in [4.78, 5) is 0.171. The number of halogens is 2. The van der Waals surface area contributed by atoms with E-state index in [-0.39, 0.29) is 15.7 Å². The summed E-state index contributed by atoms with van der Waals surface area (Å²) in [5.41, 5.74) is 1.98. The van der Waals surface area contributed by atoms with Gasteiger partial charge in [-0.05, 0) is 42.2 Å².